The van der Waals surface area contributed by atoms with Gasteiger partial charge in [-0.25, -0.2) is 0 Å². The smallest absolute Gasteiger partial charge is 0.276 e. The van der Waals surface area contributed by atoms with E-state index >= 15 is 0 Å². The fourth-order valence-corrected chi connectivity index (χ4v) is 2.37. The molecular weight excluding hydrogens is 326 g/mol. The third-order valence-electron chi connectivity index (χ3n) is 4.04. The summed E-state index contributed by atoms with van der Waals surface area (Å²) in [5.41, 5.74) is 4.49. The predicted molar refractivity (Wildman–Crippen MR) is 100 cm³/mol. The van der Waals surface area contributed by atoms with Crippen LogP contribution in [0.3, 0.4) is 0 Å². The number of aryl methyl sites for hydroxylation is 1. The highest BCUT2D eigenvalue weighted by atomic mass is 16.1. The van der Waals surface area contributed by atoms with Crippen LogP contribution in [-0.2, 0) is 0 Å². The Morgan fingerprint density at radius 1 is 1.00 bits per heavy atom. The minimum atomic E-state index is -0.309. The summed E-state index contributed by atoms with van der Waals surface area (Å²) in [6.45, 7) is 3.95. The Morgan fingerprint density at radius 3 is 2.42 bits per heavy atom. The molecule has 0 aliphatic heterocycles. The minimum Gasteiger partial charge on any atom is -0.339 e. The first kappa shape index (κ1) is 17.1. The number of nitriles is 1. The molecule has 0 fully saturated rings. The predicted octanol–water partition coefficient (Wildman–Crippen LogP) is 3.96. The summed E-state index contributed by atoms with van der Waals surface area (Å²) in [4.78, 5) is 12.4. The van der Waals surface area contributed by atoms with Gasteiger partial charge in [0.25, 0.3) is 5.91 Å². The molecule has 3 rings (SSSR count). The lowest BCUT2D eigenvalue weighted by Gasteiger charge is -2.10. The molecule has 2 N–H and O–H groups in total. The quantitative estimate of drug-likeness (QED) is 0.748. The molecule has 1 heterocycles. The fourth-order valence-electron chi connectivity index (χ4n) is 2.37. The normalized spacial score (nSPS) is 10.0. The summed E-state index contributed by atoms with van der Waals surface area (Å²) in [7, 11) is 0. The zero-order valence-corrected chi connectivity index (χ0v) is 14.4. The topological polar surface area (TPSA) is 90.7 Å². The molecule has 0 spiro atoms. The number of aromatic nitrogens is 2. The lowest BCUT2D eigenvalue weighted by molar-refractivity contribution is 0.102. The summed E-state index contributed by atoms with van der Waals surface area (Å²) in [6, 6.07) is 18.1. The van der Waals surface area contributed by atoms with Gasteiger partial charge in [-0.15, -0.1) is 10.2 Å². The number of carbonyl (C=O) groups is 1. The van der Waals surface area contributed by atoms with Crippen molar-refractivity contribution < 1.29 is 4.79 Å². The van der Waals surface area contributed by atoms with E-state index in [1.165, 1.54) is 0 Å². The number of rotatable bonds is 4. The first-order valence-electron chi connectivity index (χ1n) is 8.05. The molecule has 0 radical (unpaired) electrons. The van der Waals surface area contributed by atoms with Crippen LogP contribution in [0, 0.1) is 25.2 Å². The van der Waals surface area contributed by atoms with Crippen molar-refractivity contribution in [2.45, 2.75) is 13.8 Å². The van der Waals surface area contributed by atoms with Crippen molar-refractivity contribution in [2.24, 2.45) is 0 Å². The largest absolute Gasteiger partial charge is 0.339 e. The van der Waals surface area contributed by atoms with Gasteiger partial charge >= 0.3 is 0 Å². The average molecular weight is 343 g/mol. The van der Waals surface area contributed by atoms with E-state index in [0.29, 0.717) is 11.4 Å². The number of benzene rings is 2. The first-order valence-corrected chi connectivity index (χ1v) is 8.05. The molecular formula is C20H17N5O. The van der Waals surface area contributed by atoms with E-state index in [1.807, 2.05) is 32.0 Å². The highest BCUT2D eigenvalue weighted by molar-refractivity contribution is 6.03. The first-order chi connectivity index (χ1) is 12.6. The van der Waals surface area contributed by atoms with Crippen molar-refractivity contribution in [1.82, 2.24) is 10.2 Å². The molecule has 1 amide bonds. The van der Waals surface area contributed by atoms with Crippen LogP contribution in [0.15, 0.2) is 54.6 Å². The van der Waals surface area contributed by atoms with Gasteiger partial charge in [-0.3, -0.25) is 4.79 Å². The van der Waals surface area contributed by atoms with Gasteiger partial charge < -0.3 is 10.6 Å². The van der Waals surface area contributed by atoms with Crippen LogP contribution in [0.1, 0.15) is 27.2 Å². The van der Waals surface area contributed by atoms with E-state index in [2.05, 4.69) is 26.9 Å². The van der Waals surface area contributed by atoms with Gasteiger partial charge in [0.15, 0.2) is 11.5 Å². The Morgan fingerprint density at radius 2 is 1.77 bits per heavy atom. The van der Waals surface area contributed by atoms with Gasteiger partial charge in [0, 0.05) is 11.4 Å². The van der Waals surface area contributed by atoms with Crippen molar-refractivity contribution in [3.8, 4) is 6.07 Å². The molecule has 6 heteroatoms. The molecule has 0 atom stereocenters. The number of nitrogens with zero attached hydrogens (tertiary/aromatic N) is 3. The summed E-state index contributed by atoms with van der Waals surface area (Å²) >= 11 is 0. The van der Waals surface area contributed by atoms with E-state index in [0.717, 1.165) is 22.5 Å². The van der Waals surface area contributed by atoms with E-state index in [1.54, 1.807) is 36.4 Å². The van der Waals surface area contributed by atoms with Gasteiger partial charge in [0.2, 0.25) is 0 Å². The standard InChI is InChI=1S/C20H17N5O/c1-13-4-3-5-17(14(13)2)23-20(26)18-10-11-19(25-24-18)22-16-8-6-15(12-21)7-9-16/h3-11H,1-2H3,(H,22,25)(H,23,26). The number of carbonyl (C=O) groups excluding carboxylic acids is 1. The summed E-state index contributed by atoms with van der Waals surface area (Å²) < 4.78 is 0. The van der Waals surface area contributed by atoms with E-state index in [9.17, 15) is 4.79 Å². The zero-order valence-electron chi connectivity index (χ0n) is 14.4. The second-order valence-corrected chi connectivity index (χ2v) is 5.82. The van der Waals surface area contributed by atoms with E-state index in [-0.39, 0.29) is 11.6 Å². The number of nitrogens with one attached hydrogen (secondary N) is 2. The molecule has 0 saturated heterocycles. The van der Waals surface area contributed by atoms with Crippen LogP contribution in [0.5, 0.6) is 0 Å². The Balaban J connectivity index is 1.69. The maximum Gasteiger partial charge on any atom is 0.276 e. The third kappa shape index (κ3) is 3.84. The molecule has 128 valence electrons. The van der Waals surface area contributed by atoms with Gasteiger partial charge in [-0.1, -0.05) is 12.1 Å². The van der Waals surface area contributed by atoms with Crippen molar-refractivity contribution in [2.75, 3.05) is 10.6 Å². The third-order valence-corrected chi connectivity index (χ3v) is 4.04. The van der Waals surface area contributed by atoms with Crippen molar-refractivity contribution in [1.29, 1.82) is 5.26 Å². The highest BCUT2D eigenvalue weighted by Crippen LogP contribution is 2.19. The van der Waals surface area contributed by atoms with Crippen LogP contribution < -0.4 is 10.6 Å². The number of anilines is 3. The lowest BCUT2D eigenvalue weighted by Crippen LogP contribution is -2.15. The number of amides is 1. The van der Waals surface area contributed by atoms with Gasteiger partial charge in [0.05, 0.1) is 11.6 Å². The second kappa shape index (κ2) is 7.45. The lowest BCUT2D eigenvalue weighted by atomic mass is 10.1. The summed E-state index contributed by atoms with van der Waals surface area (Å²) in [6.07, 6.45) is 0. The van der Waals surface area contributed by atoms with Crippen LogP contribution in [0.2, 0.25) is 0 Å². The Labute approximate surface area is 151 Å². The van der Waals surface area contributed by atoms with Crippen molar-refractivity contribution in [3.05, 3.63) is 77.0 Å². The summed E-state index contributed by atoms with van der Waals surface area (Å²) in [5.74, 6) is 0.203. The molecule has 0 aliphatic carbocycles. The van der Waals surface area contributed by atoms with Gasteiger partial charge in [0.1, 0.15) is 0 Å². The second-order valence-electron chi connectivity index (χ2n) is 5.82. The Bertz CT molecular complexity index is 973. The maximum absolute atomic E-state index is 12.4. The van der Waals surface area contributed by atoms with Crippen LogP contribution in [0.25, 0.3) is 0 Å². The van der Waals surface area contributed by atoms with Gasteiger partial charge in [-0.2, -0.15) is 5.26 Å². The average Bonchev–Trinajstić information content (AvgIpc) is 2.66. The van der Waals surface area contributed by atoms with E-state index < -0.39 is 0 Å². The molecule has 2 aromatic carbocycles. The molecule has 6 nitrogen and oxygen atoms in total. The van der Waals surface area contributed by atoms with Crippen molar-refractivity contribution in [3.63, 3.8) is 0 Å². The molecule has 0 bridgehead atoms. The summed E-state index contributed by atoms with van der Waals surface area (Å²) in [5, 5.41) is 22.7. The fraction of sp³-hybridized carbons (Fsp3) is 0.100. The zero-order chi connectivity index (χ0) is 18.5. The van der Waals surface area contributed by atoms with Gasteiger partial charge in [-0.05, 0) is 67.4 Å². The highest BCUT2D eigenvalue weighted by Gasteiger charge is 2.11. The number of hydrogen-bond acceptors (Lipinski definition) is 5. The van der Waals surface area contributed by atoms with Crippen LogP contribution in [0.4, 0.5) is 17.2 Å². The van der Waals surface area contributed by atoms with Crippen LogP contribution in [-0.4, -0.2) is 16.1 Å². The SMILES string of the molecule is Cc1cccc(NC(=O)c2ccc(Nc3ccc(C#N)cc3)nn2)c1C. The molecule has 1 aromatic heterocycles. The molecule has 0 aliphatic rings. The molecule has 26 heavy (non-hydrogen) atoms. The maximum atomic E-state index is 12.4. The van der Waals surface area contributed by atoms with Crippen molar-refractivity contribution >= 4 is 23.1 Å². The van der Waals surface area contributed by atoms with E-state index in [4.69, 9.17) is 5.26 Å². The monoisotopic (exact) mass is 343 g/mol. The number of hydrogen-bond donors (Lipinski definition) is 2. The Kier molecular flexibility index (Phi) is 4.90. The molecule has 0 saturated carbocycles. The minimum absolute atomic E-state index is 0.233. The van der Waals surface area contributed by atoms with Crippen LogP contribution >= 0.6 is 0 Å². The molecule has 3 aromatic rings. The Hall–Kier alpha value is -3.72. The molecule has 0 unspecified atom stereocenters.